The number of carbonyl (C=O) groups excluding carboxylic acids is 1. The van der Waals surface area contributed by atoms with Crippen LogP contribution in [0.25, 0.3) is 17.2 Å². The fraction of sp³-hybridized carbons (Fsp3) is 0.207. The summed E-state index contributed by atoms with van der Waals surface area (Å²) < 4.78 is 16.3. The molecule has 3 aromatic carbocycles. The number of carbonyl (C=O) groups is 1. The van der Waals surface area contributed by atoms with Crippen molar-refractivity contribution in [1.82, 2.24) is 5.32 Å². The van der Waals surface area contributed by atoms with Crippen LogP contribution in [0.5, 0.6) is 17.2 Å². The van der Waals surface area contributed by atoms with Gasteiger partial charge in [0.25, 0.3) is 0 Å². The summed E-state index contributed by atoms with van der Waals surface area (Å²) in [5.74, 6) is 1.24. The molecule has 4 rings (SSSR count). The maximum Gasteiger partial charge on any atom is 0.496 e. The molecule has 0 heterocycles. The molecule has 0 fully saturated rings. The van der Waals surface area contributed by atoms with Gasteiger partial charge >= 0.3 is 7.12 Å². The first-order valence-electron chi connectivity index (χ1n) is 11.9. The van der Waals surface area contributed by atoms with Crippen LogP contribution in [0.15, 0.2) is 66.2 Å². The molecule has 1 aliphatic carbocycles. The van der Waals surface area contributed by atoms with Crippen LogP contribution in [0.3, 0.4) is 0 Å². The molecule has 0 spiro atoms. The minimum atomic E-state index is -1.74. The number of nitrogens with one attached hydrogen (secondary N) is 1. The first kappa shape index (κ1) is 26.1. The highest BCUT2D eigenvalue weighted by Gasteiger charge is 2.27. The van der Waals surface area contributed by atoms with E-state index in [2.05, 4.69) is 5.32 Å². The fourth-order valence-electron chi connectivity index (χ4n) is 4.60. The molecule has 0 aromatic heterocycles. The summed E-state index contributed by atoms with van der Waals surface area (Å²) in [5.41, 5.74) is 6.72. The Bertz CT molecular complexity index is 1340. The van der Waals surface area contributed by atoms with Gasteiger partial charge in [-0.05, 0) is 76.2 Å². The third-order valence-corrected chi connectivity index (χ3v) is 6.50. The number of ether oxygens (including phenoxy) is 3. The molecule has 37 heavy (non-hydrogen) atoms. The summed E-state index contributed by atoms with van der Waals surface area (Å²) in [5, 5.41) is 22.6. The van der Waals surface area contributed by atoms with Crippen molar-refractivity contribution in [1.29, 1.82) is 0 Å². The highest BCUT2D eigenvalue weighted by atomic mass is 16.5. The summed E-state index contributed by atoms with van der Waals surface area (Å²) in [7, 11) is 2.80. The van der Waals surface area contributed by atoms with Gasteiger partial charge in [-0.2, -0.15) is 0 Å². The van der Waals surface area contributed by atoms with E-state index in [1.165, 1.54) is 14.2 Å². The Morgan fingerprint density at radius 1 is 0.919 bits per heavy atom. The third kappa shape index (κ3) is 5.55. The second kappa shape index (κ2) is 11.4. The summed E-state index contributed by atoms with van der Waals surface area (Å²) in [6.45, 7) is 2.46. The van der Waals surface area contributed by atoms with E-state index in [1.807, 2.05) is 61.5 Å². The van der Waals surface area contributed by atoms with Gasteiger partial charge in [0.05, 0.1) is 33.2 Å². The number of benzene rings is 3. The smallest absolute Gasteiger partial charge is 0.496 e. The van der Waals surface area contributed by atoms with E-state index in [1.54, 1.807) is 19.2 Å². The van der Waals surface area contributed by atoms with Gasteiger partial charge in [0.15, 0.2) is 0 Å². The van der Waals surface area contributed by atoms with E-state index in [0.717, 1.165) is 39.0 Å². The van der Waals surface area contributed by atoms with Crippen molar-refractivity contribution >= 4 is 35.7 Å². The fourth-order valence-corrected chi connectivity index (χ4v) is 4.60. The molecule has 0 radical (unpaired) electrons. The lowest BCUT2D eigenvalue weighted by molar-refractivity contribution is -0.120. The summed E-state index contributed by atoms with van der Waals surface area (Å²) in [6, 6.07) is 19.1. The molecule has 7 nitrogen and oxygen atoms in total. The van der Waals surface area contributed by atoms with E-state index in [0.29, 0.717) is 23.8 Å². The van der Waals surface area contributed by atoms with Gasteiger partial charge in [-0.1, -0.05) is 36.4 Å². The van der Waals surface area contributed by atoms with Crippen LogP contribution in [-0.4, -0.2) is 44.4 Å². The maximum atomic E-state index is 12.9. The molecule has 1 amide bonds. The van der Waals surface area contributed by atoms with Crippen molar-refractivity contribution < 1.29 is 29.1 Å². The minimum absolute atomic E-state index is 0.0714. The Morgan fingerprint density at radius 2 is 1.59 bits per heavy atom. The number of methoxy groups -OCH3 is 3. The SMILES string of the molecule is COc1ccc2c(c1)C(CC(=O)NCc1ccccc1)=C(C)/C2=C/c1cc(OC)c(B(O)O)c(OC)c1. The zero-order valence-corrected chi connectivity index (χ0v) is 21.4. The Morgan fingerprint density at radius 3 is 2.19 bits per heavy atom. The molecule has 0 bridgehead atoms. The molecule has 190 valence electrons. The molecule has 3 N–H and O–H groups in total. The normalized spacial score (nSPS) is 13.4. The molecule has 0 atom stereocenters. The first-order valence-corrected chi connectivity index (χ1v) is 11.9. The van der Waals surface area contributed by atoms with Crippen LogP contribution in [0.1, 0.15) is 35.6 Å². The van der Waals surface area contributed by atoms with Gasteiger partial charge in [-0.3, -0.25) is 4.79 Å². The number of hydrogen-bond acceptors (Lipinski definition) is 6. The summed E-state index contributed by atoms with van der Waals surface area (Å²) >= 11 is 0. The van der Waals surface area contributed by atoms with Crippen molar-refractivity contribution in [3.05, 3.63) is 88.5 Å². The van der Waals surface area contributed by atoms with Gasteiger partial charge in [0.1, 0.15) is 17.2 Å². The van der Waals surface area contributed by atoms with Gasteiger partial charge in [0, 0.05) is 6.54 Å². The lowest BCUT2D eigenvalue weighted by Gasteiger charge is -2.14. The van der Waals surface area contributed by atoms with E-state index in [-0.39, 0.29) is 17.8 Å². The third-order valence-electron chi connectivity index (χ3n) is 6.50. The van der Waals surface area contributed by atoms with E-state index in [4.69, 9.17) is 14.2 Å². The Balaban J connectivity index is 1.72. The quantitative estimate of drug-likeness (QED) is 0.391. The standard InChI is InChI=1S/C29H30BNO6/c1-18-23(12-20-13-26(36-3)29(30(33)34)27(14-20)37-4)22-11-10-21(35-2)15-25(22)24(18)16-28(32)31-17-19-8-6-5-7-9-19/h5-15,33-34H,16-17H2,1-4H3,(H,31,32)/b23-12-. The van der Waals surface area contributed by atoms with Crippen molar-refractivity contribution in [2.24, 2.45) is 0 Å². The predicted molar refractivity (Wildman–Crippen MR) is 146 cm³/mol. The van der Waals surface area contributed by atoms with Gasteiger partial charge in [0.2, 0.25) is 5.91 Å². The predicted octanol–water partition coefficient (Wildman–Crippen LogP) is 3.43. The highest BCUT2D eigenvalue weighted by Crippen LogP contribution is 2.45. The molecular formula is C29H30BNO6. The number of fused-ring (bicyclic) bond motifs is 1. The van der Waals surface area contributed by atoms with Crippen molar-refractivity contribution in [2.45, 2.75) is 19.9 Å². The van der Waals surface area contributed by atoms with Crippen molar-refractivity contribution in [3.8, 4) is 17.2 Å². The summed E-state index contributed by atoms with van der Waals surface area (Å²) in [6.07, 6.45) is 2.20. The average molecular weight is 499 g/mol. The van der Waals surface area contributed by atoms with Crippen LogP contribution in [-0.2, 0) is 11.3 Å². The Labute approximate surface area is 217 Å². The van der Waals surface area contributed by atoms with Gasteiger partial charge < -0.3 is 29.6 Å². The first-order chi connectivity index (χ1) is 17.9. The molecule has 0 saturated carbocycles. The number of hydrogen-bond donors (Lipinski definition) is 3. The highest BCUT2D eigenvalue weighted by molar-refractivity contribution is 6.61. The molecule has 0 aliphatic heterocycles. The lowest BCUT2D eigenvalue weighted by atomic mass is 9.78. The van der Waals surface area contributed by atoms with Crippen LogP contribution in [0.4, 0.5) is 0 Å². The van der Waals surface area contributed by atoms with E-state index >= 15 is 0 Å². The van der Waals surface area contributed by atoms with Crippen LogP contribution in [0, 0.1) is 0 Å². The minimum Gasteiger partial charge on any atom is -0.497 e. The maximum absolute atomic E-state index is 12.9. The second-order valence-electron chi connectivity index (χ2n) is 8.72. The van der Waals surface area contributed by atoms with E-state index in [9.17, 15) is 14.8 Å². The lowest BCUT2D eigenvalue weighted by Crippen LogP contribution is -2.32. The Hall–Kier alpha value is -4.01. The van der Waals surface area contributed by atoms with E-state index < -0.39 is 7.12 Å². The van der Waals surface area contributed by atoms with Crippen molar-refractivity contribution in [2.75, 3.05) is 21.3 Å². The van der Waals surface area contributed by atoms with Gasteiger partial charge in [-0.25, -0.2) is 0 Å². The number of rotatable bonds is 9. The van der Waals surface area contributed by atoms with Crippen LogP contribution >= 0.6 is 0 Å². The number of amides is 1. The zero-order valence-electron chi connectivity index (χ0n) is 21.4. The molecule has 1 aliphatic rings. The largest absolute Gasteiger partial charge is 0.497 e. The molecule has 3 aromatic rings. The second-order valence-corrected chi connectivity index (χ2v) is 8.72. The zero-order chi connectivity index (χ0) is 26.5. The molecule has 8 heteroatoms. The Kier molecular flexibility index (Phi) is 8.01. The molecule has 0 unspecified atom stereocenters. The molecule has 0 saturated heterocycles. The van der Waals surface area contributed by atoms with Crippen molar-refractivity contribution in [3.63, 3.8) is 0 Å². The van der Waals surface area contributed by atoms with Gasteiger partial charge in [-0.15, -0.1) is 0 Å². The number of allylic oxidation sites excluding steroid dienone is 2. The van der Waals surface area contributed by atoms with Crippen LogP contribution in [0.2, 0.25) is 0 Å². The monoisotopic (exact) mass is 499 g/mol. The molecular weight excluding hydrogens is 469 g/mol. The topological polar surface area (TPSA) is 97.3 Å². The average Bonchev–Trinajstić information content (AvgIpc) is 3.16. The van der Waals surface area contributed by atoms with Crippen LogP contribution < -0.4 is 25.0 Å². The summed E-state index contributed by atoms with van der Waals surface area (Å²) in [4.78, 5) is 12.9.